The molecule has 0 N–H and O–H groups in total. The van der Waals surface area contributed by atoms with E-state index in [0.29, 0.717) is 0 Å². The highest BCUT2D eigenvalue weighted by Gasteiger charge is 2.29. The topological polar surface area (TPSA) is 26.3 Å². The van der Waals surface area contributed by atoms with Crippen LogP contribution in [0.4, 0.5) is 0 Å². The summed E-state index contributed by atoms with van der Waals surface area (Å²) >= 11 is 0. The molecule has 1 aromatic rings. The third-order valence-electron chi connectivity index (χ3n) is 2.38. The van der Waals surface area contributed by atoms with Gasteiger partial charge in [0.05, 0.1) is 0 Å². The average molecular weight is 213 g/mol. The van der Waals surface area contributed by atoms with Crippen LogP contribution >= 0.6 is 0 Å². The minimum Gasteiger partial charge on any atom is -0.457 e. The highest BCUT2D eigenvalue weighted by Crippen LogP contribution is 2.37. The van der Waals surface area contributed by atoms with Crippen LogP contribution in [-0.2, 0) is 9.53 Å². The van der Waals surface area contributed by atoms with Crippen molar-refractivity contribution in [1.29, 1.82) is 0 Å². The molecule has 1 aliphatic rings. The smallest absolute Gasteiger partial charge is 0.303 e. The minimum atomic E-state index is -0.298. The van der Waals surface area contributed by atoms with Gasteiger partial charge in [-0.05, 0) is 31.2 Å². The molecule has 2 nitrogen and oxygen atoms in total. The maximum absolute atomic E-state index is 11.1. The molecule has 1 atom stereocenters. The first kappa shape index (κ1) is 11.2. The zero-order valence-corrected chi connectivity index (χ0v) is 9.09. The van der Waals surface area contributed by atoms with E-state index in [1.54, 1.807) is 0 Å². The standard InChI is InChI=1S/C14H13O2/c1-11(15)16-14(13-9-5-6-10-13)12-7-3-2-4-8-12/h2-10,14H,1H3/t14-/m1/s1. The van der Waals surface area contributed by atoms with E-state index >= 15 is 0 Å². The molecule has 0 bridgehead atoms. The van der Waals surface area contributed by atoms with Gasteiger partial charge < -0.3 is 4.74 Å². The first-order valence-electron chi connectivity index (χ1n) is 5.21. The molecule has 0 amide bonds. The molecule has 0 heterocycles. The molecule has 0 saturated heterocycles. The van der Waals surface area contributed by atoms with E-state index in [2.05, 4.69) is 0 Å². The molecular weight excluding hydrogens is 200 g/mol. The molecule has 2 heteroatoms. The summed E-state index contributed by atoms with van der Waals surface area (Å²) in [6.45, 7) is 1.43. The van der Waals surface area contributed by atoms with Crippen LogP contribution in [0.2, 0.25) is 0 Å². The molecule has 1 saturated carbocycles. The fraction of sp³-hybridized carbons (Fsp3) is 0.143. The van der Waals surface area contributed by atoms with Crippen molar-refractivity contribution in [2.24, 2.45) is 0 Å². The van der Waals surface area contributed by atoms with Crippen molar-refractivity contribution in [2.75, 3.05) is 0 Å². The van der Waals surface area contributed by atoms with Crippen LogP contribution < -0.4 is 0 Å². The Kier molecular flexibility index (Phi) is 3.60. The molecular formula is C14H13O2. The molecule has 0 spiro atoms. The summed E-state index contributed by atoms with van der Waals surface area (Å²) in [5.41, 5.74) is 0.990. The van der Waals surface area contributed by atoms with Gasteiger partial charge in [-0.15, -0.1) is 0 Å². The van der Waals surface area contributed by atoms with E-state index in [1.807, 2.05) is 56.0 Å². The van der Waals surface area contributed by atoms with E-state index < -0.39 is 0 Å². The van der Waals surface area contributed by atoms with E-state index in [4.69, 9.17) is 4.74 Å². The second kappa shape index (κ2) is 5.15. The Labute approximate surface area is 96.6 Å². The summed E-state index contributed by atoms with van der Waals surface area (Å²) in [5, 5.41) is 0. The zero-order valence-electron chi connectivity index (χ0n) is 9.09. The monoisotopic (exact) mass is 213 g/mol. The van der Waals surface area contributed by atoms with Crippen LogP contribution in [0.15, 0.2) is 30.3 Å². The van der Waals surface area contributed by atoms with Gasteiger partial charge in [-0.25, -0.2) is 0 Å². The Hall–Kier alpha value is -1.31. The lowest BCUT2D eigenvalue weighted by atomic mass is 9.94. The van der Waals surface area contributed by atoms with Gasteiger partial charge in [0.25, 0.3) is 0 Å². The fourth-order valence-corrected chi connectivity index (χ4v) is 1.69. The second-order valence-corrected chi connectivity index (χ2v) is 3.62. The number of esters is 1. The van der Waals surface area contributed by atoms with Crippen LogP contribution in [0.1, 0.15) is 18.6 Å². The summed E-state index contributed by atoms with van der Waals surface area (Å²) in [4.78, 5) is 11.1. The van der Waals surface area contributed by atoms with Crippen molar-refractivity contribution in [3.8, 4) is 0 Å². The van der Waals surface area contributed by atoms with E-state index in [0.717, 1.165) is 11.5 Å². The number of ether oxygens (including phenoxy) is 1. The highest BCUT2D eigenvalue weighted by atomic mass is 16.5. The number of carbonyl (C=O) groups excluding carboxylic acids is 1. The molecule has 81 valence electrons. The van der Waals surface area contributed by atoms with Crippen molar-refractivity contribution in [1.82, 2.24) is 0 Å². The first-order chi connectivity index (χ1) is 7.77. The number of benzene rings is 1. The molecule has 5 radical (unpaired) electrons. The molecule has 0 aliphatic heterocycles. The van der Waals surface area contributed by atoms with Gasteiger partial charge in [-0.3, -0.25) is 4.79 Å². The maximum atomic E-state index is 11.1. The molecule has 1 fully saturated rings. The molecule has 2 rings (SSSR count). The van der Waals surface area contributed by atoms with Crippen molar-refractivity contribution >= 4 is 5.97 Å². The van der Waals surface area contributed by atoms with Gasteiger partial charge in [-0.1, -0.05) is 30.3 Å². The maximum Gasteiger partial charge on any atom is 0.303 e. The van der Waals surface area contributed by atoms with Crippen molar-refractivity contribution in [2.45, 2.75) is 13.0 Å². The van der Waals surface area contributed by atoms with Crippen molar-refractivity contribution in [3.05, 3.63) is 67.5 Å². The SMILES string of the molecule is CC(=O)O[C@@H]([C]1[CH][CH][CH][CH]1)c1ccccc1. The lowest BCUT2D eigenvalue weighted by Gasteiger charge is -2.22. The van der Waals surface area contributed by atoms with Crippen LogP contribution in [0.25, 0.3) is 0 Å². The average Bonchev–Trinajstić information content (AvgIpc) is 2.80. The lowest BCUT2D eigenvalue weighted by Crippen LogP contribution is -2.15. The predicted molar refractivity (Wildman–Crippen MR) is 61.4 cm³/mol. The Morgan fingerprint density at radius 3 is 2.31 bits per heavy atom. The first-order valence-corrected chi connectivity index (χ1v) is 5.21. The zero-order chi connectivity index (χ0) is 11.4. The van der Waals surface area contributed by atoms with E-state index in [9.17, 15) is 4.79 Å². The van der Waals surface area contributed by atoms with E-state index in [1.165, 1.54) is 6.92 Å². The summed E-state index contributed by atoms with van der Waals surface area (Å²) in [5.74, 6) is 0.733. The van der Waals surface area contributed by atoms with Gasteiger partial charge in [-0.2, -0.15) is 0 Å². The summed E-state index contributed by atoms with van der Waals surface area (Å²) in [7, 11) is 0. The van der Waals surface area contributed by atoms with Gasteiger partial charge >= 0.3 is 5.97 Å². The number of rotatable bonds is 3. The van der Waals surface area contributed by atoms with Crippen LogP contribution in [0.3, 0.4) is 0 Å². The van der Waals surface area contributed by atoms with Crippen LogP contribution in [-0.4, -0.2) is 5.97 Å². The summed E-state index contributed by atoms with van der Waals surface area (Å²) in [6.07, 6.45) is 7.50. The van der Waals surface area contributed by atoms with Gasteiger partial charge in [0, 0.05) is 12.8 Å². The quantitative estimate of drug-likeness (QED) is 0.721. The van der Waals surface area contributed by atoms with Crippen LogP contribution in [0.5, 0.6) is 0 Å². The second-order valence-electron chi connectivity index (χ2n) is 3.62. The third kappa shape index (κ3) is 2.63. The largest absolute Gasteiger partial charge is 0.457 e. The molecule has 0 unspecified atom stereocenters. The number of carbonyl (C=O) groups is 1. The van der Waals surface area contributed by atoms with Gasteiger partial charge in [0.2, 0.25) is 0 Å². The van der Waals surface area contributed by atoms with Gasteiger partial charge in [0.1, 0.15) is 6.10 Å². The predicted octanol–water partition coefficient (Wildman–Crippen LogP) is 2.70. The summed E-state index contributed by atoms with van der Waals surface area (Å²) < 4.78 is 5.34. The third-order valence-corrected chi connectivity index (χ3v) is 2.38. The van der Waals surface area contributed by atoms with Gasteiger partial charge in [0.15, 0.2) is 0 Å². The van der Waals surface area contributed by atoms with E-state index in [-0.39, 0.29) is 12.1 Å². The normalized spacial score (nSPS) is 18.3. The van der Waals surface area contributed by atoms with Crippen LogP contribution in [0, 0.1) is 31.6 Å². The Balaban J connectivity index is 2.16. The number of hydrogen-bond acceptors (Lipinski definition) is 2. The van der Waals surface area contributed by atoms with Crippen molar-refractivity contribution in [3.63, 3.8) is 0 Å². The lowest BCUT2D eigenvalue weighted by molar-refractivity contribution is -0.145. The number of hydrogen-bond donors (Lipinski definition) is 0. The fourth-order valence-electron chi connectivity index (χ4n) is 1.69. The minimum absolute atomic E-state index is 0.268. The molecule has 1 aliphatic carbocycles. The Morgan fingerprint density at radius 2 is 1.75 bits per heavy atom. The Morgan fingerprint density at radius 1 is 1.12 bits per heavy atom. The highest BCUT2D eigenvalue weighted by molar-refractivity contribution is 5.67. The Bertz CT molecular complexity index is 339. The summed E-state index contributed by atoms with van der Waals surface area (Å²) in [6, 6.07) is 9.74. The molecule has 16 heavy (non-hydrogen) atoms. The molecule has 0 aromatic heterocycles. The molecule has 1 aromatic carbocycles. The van der Waals surface area contributed by atoms with Crippen molar-refractivity contribution < 1.29 is 9.53 Å².